The van der Waals surface area contributed by atoms with Gasteiger partial charge in [-0.3, -0.25) is 0 Å². The summed E-state index contributed by atoms with van der Waals surface area (Å²) in [6, 6.07) is 21.2. The average molecular weight is 232 g/mol. The highest BCUT2D eigenvalue weighted by atomic mass is 28.2. The van der Waals surface area contributed by atoms with Crippen LogP contribution in [-0.4, -0.2) is 9.52 Å². The lowest BCUT2D eigenvalue weighted by atomic mass is 9.95. The second kappa shape index (κ2) is 4.56. The van der Waals surface area contributed by atoms with Gasteiger partial charge in [0, 0.05) is 0 Å². The van der Waals surface area contributed by atoms with Crippen LogP contribution in [0.1, 0.15) is 11.1 Å². The summed E-state index contributed by atoms with van der Waals surface area (Å²) in [6.45, 7) is 0. The lowest BCUT2D eigenvalue weighted by molar-refractivity contribution is 1.60. The van der Waals surface area contributed by atoms with Crippen molar-refractivity contribution in [3.63, 3.8) is 0 Å². The minimum atomic E-state index is 0.796. The summed E-state index contributed by atoms with van der Waals surface area (Å²) in [6.07, 6.45) is 0. The summed E-state index contributed by atoms with van der Waals surface area (Å²) in [7, 11) is 0.796. The van der Waals surface area contributed by atoms with Crippen molar-refractivity contribution in [3.8, 4) is 0 Å². The zero-order valence-corrected chi connectivity index (χ0v) is 10.4. The van der Waals surface area contributed by atoms with Crippen LogP contribution in [0.5, 0.6) is 0 Å². The maximum Gasteiger partial charge on any atom is 0.102 e. The number of benzene rings is 2. The summed E-state index contributed by atoms with van der Waals surface area (Å²) < 4.78 is 0. The molecule has 1 heterocycles. The van der Waals surface area contributed by atoms with Gasteiger partial charge in [-0.05, 0) is 22.3 Å². The molecule has 0 nitrogen and oxygen atoms in total. The maximum atomic E-state index is 2.33. The predicted octanol–water partition coefficient (Wildman–Crippen LogP) is 3.79. The first-order valence-electron chi connectivity index (χ1n) is 5.73. The molecule has 0 unspecified atom stereocenters. The fourth-order valence-corrected chi connectivity index (χ4v) is 3.14. The first-order valence-corrected chi connectivity index (χ1v) is 6.88. The monoisotopic (exact) mass is 232 g/mol. The lowest BCUT2D eigenvalue weighted by Gasteiger charge is -2.09. The third-order valence-corrected chi connectivity index (χ3v) is 3.83. The van der Waals surface area contributed by atoms with E-state index in [2.05, 4.69) is 72.1 Å². The van der Waals surface area contributed by atoms with E-state index in [1.165, 1.54) is 22.3 Å². The lowest BCUT2D eigenvalue weighted by Crippen LogP contribution is -1.86. The highest BCUT2D eigenvalue weighted by Gasteiger charge is 2.13. The van der Waals surface area contributed by atoms with Crippen molar-refractivity contribution >= 4 is 20.7 Å². The normalized spacial score (nSPS) is 14.4. The van der Waals surface area contributed by atoms with E-state index in [-0.39, 0.29) is 0 Å². The summed E-state index contributed by atoms with van der Waals surface area (Å²) in [5, 5.41) is 0. The largest absolute Gasteiger partial charge is 0.102 e. The van der Waals surface area contributed by atoms with E-state index >= 15 is 0 Å². The molecule has 1 aliphatic heterocycles. The van der Waals surface area contributed by atoms with Gasteiger partial charge in [0.1, 0.15) is 9.52 Å². The van der Waals surface area contributed by atoms with Crippen molar-refractivity contribution in [1.82, 2.24) is 0 Å². The molecule has 0 aromatic heterocycles. The van der Waals surface area contributed by atoms with Gasteiger partial charge in [0.05, 0.1) is 0 Å². The van der Waals surface area contributed by atoms with Crippen LogP contribution >= 0.6 is 0 Å². The zero-order valence-electron chi connectivity index (χ0n) is 9.43. The molecule has 1 heteroatoms. The van der Waals surface area contributed by atoms with Gasteiger partial charge in [-0.1, -0.05) is 72.1 Å². The first-order chi connectivity index (χ1) is 8.45. The second-order valence-electron chi connectivity index (χ2n) is 4.01. The molecule has 0 saturated carbocycles. The van der Waals surface area contributed by atoms with Crippen molar-refractivity contribution in [2.45, 2.75) is 0 Å². The van der Waals surface area contributed by atoms with E-state index < -0.39 is 0 Å². The Bertz CT molecular complexity index is 511. The van der Waals surface area contributed by atoms with E-state index in [1.807, 2.05) is 0 Å². The minimum absolute atomic E-state index is 0.796. The Hall–Kier alpha value is -1.86. The Morgan fingerprint density at radius 2 is 0.941 bits per heavy atom. The Kier molecular flexibility index (Phi) is 2.76. The molecule has 17 heavy (non-hydrogen) atoms. The topological polar surface area (TPSA) is 0 Å². The molecule has 80 valence electrons. The van der Waals surface area contributed by atoms with Crippen molar-refractivity contribution < 1.29 is 0 Å². The number of hydrogen-bond acceptors (Lipinski definition) is 0. The van der Waals surface area contributed by atoms with Gasteiger partial charge in [0.2, 0.25) is 0 Å². The van der Waals surface area contributed by atoms with Crippen LogP contribution in [0.4, 0.5) is 0 Å². The van der Waals surface area contributed by atoms with Crippen LogP contribution in [-0.2, 0) is 0 Å². The Morgan fingerprint density at radius 3 is 1.35 bits per heavy atom. The van der Waals surface area contributed by atoms with Crippen LogP contribution in [0, 0.1) is 0 Å². The quantitative estimate of drug-likeness (QED) is 0.691. The smallest absolute Gasteiger partial charge is 0.0855 e. The average Bonchev–Trinajstić information content (AvgIpc) is 2.90. The molecule has 0 saturated heterocycles. The van der Waals surface area contributed by atoms with E-state index in [0.29, 0.717) is 0 Å². The number of allylic oxidation sites excluding steroid dienone is 2. The molecule has 2 aromatic carbocycles. The van der Waals surface area contributed by atoms with Crippen LogP contribution in [0.25, 0.3) is 11.1 Å². The zero-order chi connectivity index (χ0) is 11.5. The fraction of sp³-hybridized carbons (Fsp3) is 0. The molecule has 1 aliphatic rings. The van der Waals surface area contributed by atoms with Gasteiger partial charge in [0.15, 0.2) is 0 Å². The van der Waals surface area contributed by atoms with Gasteiger partial charge >= 0.3 is 0 Å². The highest BCUT2D eigenvalue weighted by Crippen LogP contribution is 2.33. The predicted molar refractivity (Wildman–Crippen MR) is 74.6 cm³/mol. The molecule has 0 amide bonds. The van der Waals surface area contributed by atoms with Gasteiger partial charge < -0.3 is 0 Å². The Labute approximate surface area is 104 Å². The van der Waals surface area contributed by atoms with Crippen LogP contribution in [0.15, 0.2) is 72.1 Å². The minimum Gasteiger partial charge on any atom is -0.0855 e. The van der Waals surface area contributed by atoms with E-state index in [1.54, 1.807) is 0 Å². The summed E-state index contributed by atoms with van der Waals surface area (Å²) in [5.41, 5.74) is 10.0. The molecule has 3 rings (SSSR count). The SMILES string of the molecule is C1=C(c2ccccc2)C(c2ccccc2)=C[Si]1. The molecule has 0 bridgehead atoms. The van der Waals surface area contributed by atoms with Crippen molar-refractivity contribution in [2.75, 3.05) is 0 Å². The standard InChI is InChI=1S/C16H12Si/c1-3-7-13(8-4-1)15-11-17-12-16(15)14-9-5-2-6-10-14/h1-12H. The Balaban J connectivity index is 2.01. The van der Waals surface area contributed by atoms with Crippen molar-refractivity contribution in [1.29, 1.82) is 0 Å². The summed E-state index contributed by atoms with van der Waals surface area (Å²) in [5.74, 6) is 0. The fourth-order valence-electron chi connectivity index (χ4n) is 2.08. The third-order valence-electron chi connectivity index (χ3n) is 2.92. The van der Waals surface area contributed by atoms with Gasteiger partial charge in [-0.15, -0.1) is 0 Å². The van der Waals surface area contributed by atoms with Gasteiger partial charge in [0.25, 0.3) is 0 Å². The van der Waals surface area contributed by atoms with E-state index in [9.17, 15) is 0 Å². The van der Waals surface area contributed by atoms with E-state index in [0.717, 1.165) is 9.52 Å². The maximum absolute atomic E-state index is 2.33. The van der Waals surface area contributed by atoms with Gasteiger partial charge in [-0.2, -0.15) is 0 Å². The molecule has 0 atom stereocenters. The molecule has 0 spiro atoms. The molecule has 2 aromatic rings. The first kappa shape index (κ1) is 10.3. The summed E-state index contributed by atoms with van der Waals surface area (Å²) in [4.78, 5) is 0. The number of hydrogen-bond donors (Lipinski definition) is 0. The second-order valence-corrected chi connectivity index (χ2v) is 4.93. The van der Waals surface area contributed by atoms with Crippen LogP contribution in [0.3, 0.4) is 0 Å². The summed E-state index contributed by atoms with van der Waals surface area (Å²) >= 11 is 0. The van der Waals surface area contributed by atoms with Crippen molar-refractivity contribution in [3.05, 3.63) is 83.2 Å². The molecule has 2 radical (unpaired) electrons. The Morgan fingerprint density at radius 1 is 0.529 bits per heavy atom. The highest BCUT2D eigenvalue weighted by molar-refractivity contribution is 6.56. The van der Waals surface area contributed by atoms with Crippen molar-refractivity contribution in [2.24, 2.45) is 0 Å². The molecular weight excluding hydrogens is 220 g/mol. The van der Waals surface area contributed by atoms with Crippen LogP contribution < -0.4 is 0 Å². The van der Waals surface area contributed by atoms with Gasteiger partial charge in [-0.25, -0.2) is 0 Å². The molecule has 0 fully saturated rings. The molecule has 0 N–H and O–H groups in total. The van der Waals surface area contributed by atoms with E-state index in [4.69, 9.17) is 0 Å². The molecular formula is C16H12Si. The number of rotatable bonds is 2. The molecule has 0 aliphatic carbocycles. The van der Waals surface area contributed by atoms with Crippen LogP contribution in [0.2, 0.25) is 0 Å². The third kappa shape index (κ3) is 2.02.